The Balaban J connectivity index is 2.78. The van der Waals surface area contributed by atoms with E-state index in [0.717, 1.165) is 6.54 Å². The highest BCUT2D eigenvalue weighted by Crippen LogP contribution is 2.08. The third kappa shape index (κ3) is 4.48. The van der Waals surface area contributed by atoms with Gasteiger partial charge in [-0.15, -0.1) is 10.2 Å². The molecule has 0 radical (unpaired) electrons. The molecular weight excluding hydrogens is 244 g/mol. The van der Waals surface area contributed by atoms with Crippen LogP contribution in [0.25, 0.3) is 0 Å². The molecule has 1 rings (SSSR count). The first-order valence-corrected chi connectivity index (χ1v) is 6.59. The molecule has 0 aliphatic carbocycles. The first-order chi connectivity index (χ1) is 9.10. The van der Waals surface area contributed by atoms with E-state index in [2.05, 4.69) is 15.5 Å². The minimum Gasteiger partial charge on any atom is -0.396 e. The van der Waals surface area contributed by atoms with Gasteiger partial charge in [0.25, 0.3) is 5.91 Å². The summed E-state index contributed by atoms with van der Waals surface area (Å²) in [6.45, 7) is 7.20. The van der Waals surface area contributed by atoms with Crippen LogP contribution < -0.4 is 5.32 Å². The molecule has 1 amide bonds. The van der Waals surface area contributed by atoms with Gasteiger partial charge in [-0.05, 0) is 39.3 Å². The van der Waals surface area contributed by atoms with Crippen LogP contribution in [0.4, 0.5) is 5.82 Å². The molecule has 6 nitrogen and oxygen atoms in total. The number of carbonyl (C=O) groups is 1. The van der Waals surface area contributed by atoms with Crippen molar-refractivity contribution in [1.82, 2.24) is 15.1 Å². The largest absolute Gasteiger partial charge is 0.396 e. The van der Waals surface area contributed by atoms with Gasteiger partial charge in [0.05, 0.1) is 0 Å². The van der Waals surface area contributed by atoms with Crippen molar-refractivity contribution < 1.29 is 9.90 Å². The molecule has 6 heteroatoms. The minimum absolute atomic E-state index is 0.0642. The lowest BCUT2D eigenvalue weighted by molar-refractivity contribution is 0.0686. The molecule has 106 valence electrons. The maximum atomic E-state index is 12.3. The zero-order valence-corrected chi connectivity index (χ0v) is 11.8. The fourth-order valence-corrected chi connectivity index (χ4v) is 1.70. The highest BCUT2D eigenvalue weighted by molar-refractivity contribution is 5.92. The van der Waals surface area contributed by atoms with Crippen LogP contribution in [0, 0.1) is 0 Å². The zero-order chi connectivity index (χ0) is 14.3. The second kappa shape index (κ2) is 7.68. The van der Waals surface area contributed by atoms with Gasteiger partial charge < -0.3 is 15.3 Å². The molecule has 0 saturated heterocycles. The van der Waals surface area contributed by atoms with Gasteiger partial charge in [-0.25, -0.2) is 0 Å². The van der Waals surface area contributed by atoms with Gasteiger partial charge in [-0.2, -0.15) is 0 Å². The first kappa shape index (κ1) is 15.4. The van der Waals surface area contributed by atoms with Crippen molar-refractivity contribution in [2.24, 2.45) is 0 Å². The van der Waals surface area contributed by atoms with E-state index in [1.165, 1.54) is 0 Å². The van der Waals surface area contributed by atoms with E-state index in [0.29, 0.717) is 24.5 Å². The van der Waals surface area contributed by atoms with Crippen molar-refractivity contribution >= 4 is 11.7 Å². The number of anilines is 1. The Morgan fingerprint density at radius 3 is 2.63 bits per heavy atom. The molecule has 0 unspecified atom stereocenters. The summed E-state index contributed by atoms with van der Waals surface area (Å²) in [6, 6.07) is 3.48. The van der Waals surface area contributed by atoms with Crippen molar-refractivity contribution in [3.8, 4) is 0 Å². The number of aliphatic hydroxyl groups is 1. The normalized spacial score (nSPS) is 10.6. The van der Waals surface area contributed by atoms with Crippen molar-refractivity contribution in [3.05, 3.63) is 17.8 Å². The standard InChI is InChI=1S/C13H22N4O2/c1-4-14-12-7-6-11(15-16-12)13(19)17(10(2)3)8-5-9-18/h6-7,10,18H,4-5,8-9H2,1-3H3,(H,14,16). The Hall–Kier alpha value is -1.69. The van der Waals surface area contributed by atoms with E-state index in [1.807, 2.05) is 20.8 Å². The number of rotatable bonds is 7. The van der Waals surface area contributed by atoms with Gasteiger partial charge in [0.2, 0.25) is 0 Å². The summed E-state index contributed by atoms with van der Waals surface area (Å²) in [4.78, 5) is 14.0. The molecule has 1 aromatic heterocycles. The molecule has 0 aliphatic heterocycles. The Bertz CT molecular complexity index is 392. The van der Waals surface area contributed by atoms with Crippen LogP contribution in [0.15, 0.2) is 12.1 Å². The quantitative estimate of drug-likeness (QED) is 0.774. The molecule has 0 aliphatic rings. The van der Waals surface area contributed by atoms with E-state index in [4.69, 9.17) is 5.11 Å². The predicted octanol–water partition coefficient (Wildman–Crippen LogP) is 1.14. The molecule has 19 heavy (non-hydrogen) atoms. The summed E-state index contributed by atoms with van der Waals surface area (Å²) >= 11 is 0. The summed E-state index contributed by atoms with van der Waals surface area (Å²) in [6.07, 6.45) is 0.562. The molecule has 1 aromatic rings. The van der Waals surface area contributed by atoms with Gasteiger partial charge >= 0.3 is 0 Å². The number of hydrogen-bond acceptors (Lipinski definition) is 5. The third-order valence-corrected chi connectivity index (χ3v) is 2.68. The molecule has 0 fully saturated rings. The highest BCUT2D eigenvalue weighted by Gasteiger charge is 2.19. The van der Waals surface area contributed by atoms with Gasteiger partial charge in [0.1, 0.15) is 5.82 Å². The number of hydrogen-bond donors (Lipinski definition) is 2. The average molecular weight is 266 g/mol. The summed E-state index contributed by atoms with van der Waals surface area (Å²) in [5, 5.41) is 19.8. The zero-order valence-electron chi connectivity index (χ0n) is 11.8. The lowest BCUT2D eigenvalue weighted by Crippen LogP contribution is -2.38. The van der Waals surface area contributed by atoms with Gasteiger partial charge in [-0.1, -0.05) is 0 Å². The Morgan fingerprint density at radius 1 is 1.42 bits per heavy atom. The van der Waals surface area contributed by atoms with E-state index >= 15 is 0 Å². The van der Waals surface area contributed by atoms with Crippen molar-refractivity contribution in [3.63, 3.8) is 0 Å². The maximum Gasteiger partial charge on any atom is 0.274 e. The van der Waals surface area contributed by atoms with Crippen LogP contribution in [0.2, 0.25) is 0 Å². The molecule has 0 spiro atoms. The molecule has 0 saturated carbocycles. The van der Waals surface area contributed by atoms with Crippen LogP contribution in [0.3, 0.4) is 0 Å². The average Bonchev–Trinajstić information content (AvgIpc) is 2.40. The van der Waals surface area contributed by atoms with Crippen LogP contribution in [-0.2, 0) is 0 Å². The summed E-state index contributed by atoms with van der Waals surface area (Å²) in [7, 11) is 0. The first-order valence-electron chi connectivity index (χ1n) is 6.59. The molecule has 1 heterocycles. The number of aliphatic hydroxyl groups excluding tert-OH is 1. The second-order valence-electron chi connectivity index (χ2n) is 4.50. The van der Waals surface area contributed by atoms with Crippen LogP contribution in [-0.4, -0.2) is 51.8 Å². The molecule has 0 atom stereocenters. The molecular formula is C13H22N4O2. The number of aromatic nitrogens is 2. The third-order valence-electron chi connectivity index (χ3n) is 2.68. The Morgan fingerprint density at radius 2 is 2.16 bits per heavy atom. The Kier molecular flexibility index (Phi) is 6.21. The van der Waals surface area contributed by atoms with Gasteiger partial charge in [-0.3, -0.25) is 4.79 Å². The van der Waals surface area contributed by atoms with Crippen molar-refractivity contribution in [1.29, 1.82) is 0 Å². The maximum absolute atomic E-state index is 12.3. The monoisotopic (exact) mass is 266 g/mol. The number of nitrogens with one attached hydrogen (secondary N) is 1. The fourth-order valence-electron chi connectivity index (χ4n) is 1.70. The Labute approximate surface area is 113 Å². The lowest BCUT2D eigenvalue weighted by atomic mass is 10.2. The minimum atomic E-state index is -0.154. The van der Waals surface area contributed by atoms with Crippen LogP contribution in [0.1, 0.15) is 37.7 Å². The van der Waals surface area contributed by atoms with Gasteiger partial charge in [0.15, 0.2) is 5.69 Å². The van der Waals surface area contributed by atoms with Crippen LogP contribution in [0.5, 0.6) is 0 Å². The van der Waals surface area contributed by atoms with Crippen LogP contribution >= 0.6 is 0 Å². The topological polar surface area (TPSA) is 78.4 Å². The fraction of sp³-hybridized carbons (Fsp3) is 0.615. The van der Waals surface area contributed by atoms with Crippen molar-refractivity contribution in [2.45, 2.75) is 33.2 Å². The number of amides is 1. The molecule has 0 aromatic carbocycles. The SMILES string of the molecule is CCNc1ccc(C(=O)N(CCCO)C(C)C)nn1. The summed E-state index contributed by atoms with van der Waals surface area (Å²) in [5.74, 6) is 0.504. The summed E-state index contributed by atoms with van der Waals surface area (Å²) < 4.78 is 0. The lowest BCUT2D eigenvalue weighted by Gasteiger charge is -2.26. The predicted molar refractivity (Wildman–Crippen MR) is 74.1 cm³/mol. The molecule has 0 bridgehead atoms. The van der Waals surface area contributed by atoms with E-state index in [1.54, 1.807) is 17.0 Å². The molecule has 2 N–H and O–H groups in total. The highest BCUT2D eigenvalue weighted by atomic mass is 16.3. The van der Waals surface area contributed by atoms with Crippen molar-refractivity contribution in [2.75, 3.05) is 25.0 Å². The second-order valence-corrected chi connectivity index (χ2v) is 4.50. The van der Waals surface area contributed by atoms with E-state index < -0.39 is 0 Å². The van der Waals surface area contributed by atoms with E-state index in [9.17, 15) is 4.79 Å². The number of carbonyl (C=O) groups excluding carboxylic acids is 1. The smallest absolute Gasteiger partial charge is 0.274 e. The number of nitrogens with zero attached hydrogens (tertiary/aromatic N) is 3. The van der Waals surface area contributed by atoms with E-state index in [-0.39, 0.29) is 18.6 Å². The summed E-state index contributed by atoms with van der Waals surface area (Å²) in [5.41, 5.74) is 0.327. The van der Waals surface area contributed by atoms with Gasteiger partial charge in [0, 0.05) is 25.7 Å².